The van der Waals surface area contributed by atoms with Crippen LogP contribution in [-0.2, 0) is 9.47 Å². The minimum absolute atomic E-state index is 0.142. The van der Waals surface area contributed by atoms with Crippen LogP contribution in [0.25, 0.3) is 0 Å². The van der Waals surface area contributed by atoms with Crippen LogP contribution in [0.5, 0.6) is 0 Å². The molecule has 0 unspecified atom stereocenters. The third-order valence-electron chi connectivity index (χ3n) is 3.76. The van der Waals surface area contributed by atoms with E-state index in [-0.39, 0.29) is 17.3 Å². The molecule has 1 heterocycles. The van der Waals surface area contributed by atoms with Gasteiger partial charge in [0.15, 0.2) is 5.79 Å². The molecule has 2 nitrogen and oxygen atoms in total. The molecule has 0 radical (unpaired) electrons. The summed E-state index contributed by atoms with van der Waals surface area (Å²) in [7, 11) is 0. The fourth-order valence-electron chi connectivity index (χ4n) is 2.03. The molecule has 0 spiro atoms. The van der Waals surface area contributed by atoms with Gasteiger partial charge in [-0.2, -0.15) is 0 Å². The molecule has 0 amide bonds. The average molecular weight is 228 g/mol. The average Bonchev–Trinajstić information content (AvgIpc) is 2.21. The number of unbranched alkanes of at least 4 members (excludes halogenated alkanes) is 3. The highest BCUT2D eigenvalue weighted by molar-refractivity contribution is 4.83. The molecule has 0 aromatic carbocycles. The third-order valence-corrected chi connectivity index (χ3v) is 3.76. The van der Waals surface area contributed by atoms with Crippen LogP contribution in [0.2, 0.25) is 0 Å². The lowest BCUT2D eigenvalue weighted by molar-refractivity contribution is -0.319. The van der Waals surface area contributed by atoms with Crippen LogP contribution in [0.1, 0.15) is 66.7 Å². The maximum Gasteiger partial charge on any atom is 0.165 e. The monoisotopic (exact) mass is 228 g/mol. The van der Waals surface area contributed by atoms with Gasteiger partial charge in [-0.3, -0.25) is 0 Å². The summed E-state index contributed by atoms with van der Waals surface area (Å²) in [6.07, 6.45) is 6.39. The Kier molecular flexibility index (Phi) is 4.81. The molecule has 0 N–H and O–H groups in total. The van der Waals surface area contributed by atoms with E-state index in [9.17, 15) is 0 Å². The Labute approximate surface area is 101 Å². The summed E-state index contributed by atoms with van der Waals surface area (Å²) in [6, 6.07) is 0. The van der Waals surface area contributed by atoms with Crippen molar-refractivity contribution in [2.45, 2.75) is 78.6 Å². The number of rotatable bonds is 5. The molecule has 16 heavy (non-hydrogen) atoms. The van der Waals surface area contributed by atoms with Crippen molar-refractivity contribution in [2.75, 3.05) is 6.61 Å². The van der Waals surface area contributed by atoms with Crippen molar-refractivity contribution in [3.8, 4) is 0 Å². The van der Waals surface area contributed by atoms with E-state index < -0.39 is 0 Å². The van der Waals surface area contributed by atoms with Crippen LogP contribution < -0.4 is 0 Å². The predicted molar refractivity (Wildman–Crippen MR) is 67.4 cm³/mol. The lowest BCUT2D eigenvalue weighted by atomic mass is 9.86. The van der Waals surface area contributed by atoms with Gasteiger partial charge in [0, 0.05) is 11.8 Å². The number of hydrogen-bond donors (Lipinski definition) is 0. The van der Waals surface area contributed by atoms with E-state index in [2.05, 4.69) is 34.6 Å². The lowest BCUT2D eigenvalue weighted by Gasteiger charge is -2.46. The molecule has 0 aliphatic carbocycles. The maximum absolute atomic E-state index is 6.05. The van der Waals surface area contributed by atoms with E-state index in [4.69, 9.17) is 9.47 Å². The first-order valence-corrected chi connectivity index (χ1v) is 6.71. The Bertz CT molecular complexity index is 213. The summed E-state index contributed by atoms with van der Waals surface area (Å²) in [5.74, 6) is -0.345. The second-order valence-corrected chi connectivity index (χ2v) is 5.98. The quantitative estimate of drug-likeness (QED) is 0.659. The summed E-state index contributed by atoms with van der Waals surface area (Å²) in [5, 5.41) is 0. The zero-order chi connectivity index (χ0) is 12.2. The fourth-order valence-corrected chi connectivity index (χ4v) is 2.03. The molecule has 2 atom stereocenters. The van der Waals surface area contributed by atoms with Crippen molar-refractivity contribution in [1.82, 2.24) is 0 Å². The molecule has 0 saturated carbocycles. The molecule has 1 aliphatic rings. The smallest absolute Gasteiger partial charge is 0.165 e. The predicted octanol–water partition coefficient (Wildman–Crippen LogP) is 4.13. The van der Waals surface area contributed by atoms with Gasteiger partial charge in [-0.15, -0.1) is 0 Å². The fraction of sp³-hybridized carbons (Fsp3) is 1.00. The van der Waals surface area contributed by atoms with Crippen molar-refractivity contribution in [2.24, 2.45) is 5.41 Å². The van der Waals surface area contributed by atoms with Gasteiger partial charge in [0.05, 0.1) is 12.7 Å². The zero-order valence-electron chi connectivity index (χ0n) is 11.6. The minimum Gasteiger partial charge on any atom is -0.350 e. The second-order valence-electron chi connectivity index (χ2n) is 5.98. The van der Waals surface area contributed by atoms with Gasteiger partial charge in [-0.1, -0.05) is 40.0 Å². The number of hydrogen-bond acceptors (Lipinski definition) is 2. The maximum atomic E-state index is 6.05. The van der Waals surface area contributed by atoms with Gasteiger partial charge >= 0.3 is 0 Å². The Hall–Kier alpha value is -0.0800. The van der Waals surface area contributed by atoms with Crippen LogP contribution in [0, 0.1) is 5.41 Å². The van der Waals surface area contributed by atoms with E-state index in [0.29, 0.717) is 0 Å². The van der Waals surface area contributed by atoms with Gasteiger partial charge in [-0.25, -0.2) is 0 Å². The van der Waals surface area contributed by atoms with E-state index in [1.165, 1.54) is 25.7 Å². The molecule has 1 fully saturated rings. The Balaban J connectivity index is 2.36. The van der Waals surface area contributed by atoms with Crippen LogP contribution in [-0.4, -0.2) is 18.5 Å². The van der Waals surface area contributed by atoms with Gasteiger partial charge < -0.3 is 9.47 Å². The molecule has 0 aromatic heterocycles. The summed E-state index contributed by atoms with van der Waals surface area (Å²) >= 11 is 0. The summed E-state index contributed by atoms with van der Waals surface area (Å²) in [4.78, 5) is 0. The van der Waals surface area contributed by atoms with Gasteiger partial charge in [0.25, 0.3) is 0 Å². The lowest BCUT2D eigenvalue weighted by Crippen LogP contribution is -2.50. The van der Waals surface area contributed by atoms with Crippen molar-refractivity contribution < 1.29 is 9.47 Å². The topological polar surface area (TPSA) is 18.5 Å². The molecule has 2 heteroatoms. The molecule has 96 valence electrons. The molecular formula is C14H28O2. The van der Waals surface area contributed by atoms with Gasteiger partial charge in [0.1, 0.15) is 0 Å². The highest BCUT2D eigenvalue weighted by Gasteiger charge is 2.41. The summed E-state index contributed by atoms with van der Waals surface area (Å²) < 4.78 is 12.0. The molecule has 0 bridgehead atoms. The van der Waals surface area contributed by atoms with Crippen LogP contribution >= 0.6 is 0 Å². The van der Waals surface area contributed by atoms with E-state index in [0.717, 1.165) is 13.0 Å². The first-order chi connectivity index (χ1) is 7.40. The SMILES string of the molecule is CCCCCC[C@]1(C)OCC(C)(C)[C@H](C)O1. The Morgan fingerprint density at radius 1 is 1.12 bits per heavy atom. The molecule has 1 rings (SSSR count). The normalized spacial score (nSPS) is 33.9. The van der Waals surface area contributed by atoms with Crippen molar-refractivity contribution >= 4 is 0 Å². The first kappa shape index (κ1) is 14.0. The molecule has 1 saturated heterocycles. The van der Waals surface area contributed by atoms with Gasteiger partial charge in [0.2, 0.25) is 0 Å². The van der Waals surface area contributed by atoms with Crippen LogP contribution in [0.3, 0.4) is 0 Å². The number of ether oxygens (including phenoxy) is 2. The van der Waals surface area contributed by atoms with Crippen molar-refractivity contribution in [1.29, 1.82) is 0 Å². The van der Waals surface area contributed by atoms with Crippen LogP contribution in [0.15, 0.2) is 0 Å². The summed E-state index contributed by atoms with van der Waals surface area (Å²) in [5.41, 5.74) is 0.142. The van der Waals surface area contributed by atoms with E-state index in [1.54, 1.807) is 0 Å². The van der Waals surface area contributed by atoms with Crippen LogP contribution in [0.4, 0.5) is 0 Å². The molecular weight excluding hydrogens is 200 g/mol. The van der Waals surface area contributed by atoms with Gasteiger partial charge in [-0.05, 0) is 20.3 Å². The second kappa shape index (κ2) is 5.50. The highest BCUT2D eigenvalue weighted by Crippen LogP contribution is 2.37. The molecule has 0 aromatic rings. The first-order valence-electron chi connectivity index (χ1n) is 6.71. The van der Waals surface area contributed by atoms with E-state index >= 15 is 0 Å². The summed E-state index contributed by atoms with van der Waals surface area (Å²) in [6.45, 7) is 11.7. The highest BCUT2D eigenvalue weighted by atomic mass is 16.7. The Morgan fingerprint density at radius 2 is 1.81 bits per heavy atom. The van der Waals surface area contributed by atoms with Crippen molar-refractivity contribution in [3.63, 3.8) is 0 Å². The standard InChI is InChI=1S/C14H28O2/c1-6-7-8-9-10-14(5)15-11-13(3,4)12(2)16-14/h12H,6-11H2,1-5H3/t12-,14+/m0/s1. The molecule has 1 aliphatic heterocycles. The van der Waals surface area contributed by atoms with Crippen molar-refractivity contribution in [3.05, 3.63) is 0 Å². The van der Waals surface area contributed by atoms with E-state index in [1.807, 2.05) is 0 Å². The third kappa shape index (κ3) is 3.74. The minimum atomic E-state index is -0.345. The zero-order valence-corrected chi connectivity index (χ0v) is 11.6. The largest absolute Gasteiger partial charge is 0.350 e. The Morgan fingerprint density at radius 3 is 2.38 bits per heavy atom.